The van der Waals surface area contributed by atoms with Gasteiger partial charge in [-0.3, -0.25) is 14.5 Å². The van der Waals surface area contributed by atoms with E-state index in [0.29, 0.717) is 75.5 Å². The van der Waals surface area contributed by atoms with Crippen LogP contribution in [0.15, 0.2) is 48.5 Å². The Kier molecular flexibility index (Phi) is 11.6. The van der Waals surface area contributed by atoms with Gasteiger partial charge < -0.3 is 30.3 Å². The number of benzene rings is 2. The van der Waals surface area contributed by atoms with Crippen molar-refractivity contribution in [1.82, 2.24) is 19.7 Å². The number of hydrogen-bond donors (Lipinski definition) is 2. The average Bonchev–Trinajstić information content (AvgIpc) is 3.08. The number of aryl methyl sites for hydroxylation is 1. The van der Waals surface area contributed by atoms with Crippen LogP contribution < -0.4 is 15.8 Å². The Labute approximate surface area is 279 Å². The van der Waals surface area contributed by atoms with Gasteiger partial charge >= 0.3 is 6.03 Å². The molecule has 256 valence electrons. The molecule has 48 heavy (non-hydrogen) atoms. The number of ether oxygens (including phenoxy) is 2. The highest BCUT2D eigenvalue weighted by atomic mass is 19.1. The number of hydrogen-bond acceptors (Lipinski definition) is 7. The van der Waals surface area contributed by atoms with Gasteiger partial charge in [-0.05, 0) is 62.1 Å². The molecule has 0 saturated carbocycles. The van der Waals surface area contributed by atoms with E-state index in [1.165, 1.54) is 0 Å². The van der Waals surface area contributed by atoms with Crippen molar-refractivity contribution < 1.29 is 32.6 Å². The number of carbonyl (C=O) groups is 3. The van der Waals surface area contributed by atoms with Crippen LogP contribution in [-0.2, 0) is 11.3 Å². The average molecular weight is 665 g/mol. The fourth-order valence-electron chi connectivity index (χ4n) is 5.96. The molecule has 5 rings (SSSR count). The highest BCUT2D eigenvalue weighted by Gasteiger charge is 2.29. The van der Waals surface area contributed by atoms with E-state index >= 15 is 0 Å². The first-order chi connectivity index (χ1) is 23.1. The van der Waals surface area contributed by atoms with Crippen LogP contribution in [-0.4, -0.2) is 89.5 Å². The molecule has 2 fully saturated rings. The maximum absolute atomic E-state index is 14.5. The van der Waals surface area contributed by atoms with Crippen molar-refractivity contribution >= 4 is 23.5 Å². The Morgan fingerprint density at radius 3 is 2.38 bits per heavy atom. The summed E-state index contributed by atoms with van der Waals surface area (Å²) in [6.45, 7) is 8.88. The van der Waals surface area contributed by atoms with Crippen LogP contribution in [0.25, 0.3) is 0 Å². The summed E-state index contributed by atoms with van der Waals surface area (Å²) in [6.07, 6.45) is 3.06. The van der Waals surface area contributed by atoms with Crippen molar-refractivity contribution in [2.24, 2.45) is 5.73 Å². The maximum Gasteiger partial charge on any atom is 0.322 e. The second-order valence-electron chi connectivity index (χ2n) is 12.1. The highest BCUT2D eigenvalue weighted by molar-refractivity contribution is 5.96. The topological polar surface area (TPSA) is 130 Å². The number of likely N-dealkylation sites (tertiary alicyclic amines) is 1. The summed E-state index contributed by atoms with van der Waals surface area (Å²) in [5, 5.41) is 2.52. The van der Waals surface area contributed by atoms with Gasteiger partial charge in [0.25, 0.3) is 11.8 Å². The third-order valence-electron chi connectivity index (χ3n) is 8.76. The third kappa shape index (κ3) is 8.64. The zero-order valence-electron chi connectivity index (χ0n) is 27.3. The number of nitrogens with one attached hydrogen (secondary N) is 1. The predicted molar refractivity (Wildman–Crippen MR) is 176 cm³/mol. The lowest BCUT2D eigenvalue weighted by molar-refractivity contribution is 0.0303. The lowest BCUT2D eigenvalue weighted by Crippen LogP contribution is -2.49. The molecule has 3 N–H and O–H groups in total. The number of aromatic nitrogens is 1. The van der Waals surface area contributed by atoms with E-state index in [1.807, 2.05) is 26.0 Å². The number of morpholine rings is 1. The summed E-state index contributed by atoms with van der Waals surface area (Å²) in [5.74, 6) is -2.09. The van der Waals surface area contributed by atoms with E-state index < -0.39 is 29.1 Å². The van der Waals surface area contributed by atoms with Crippen LogP contribution in [0.2, 0.25) is 0 Å². The van der Waals surface area contributed by atoms with Gasteiger partial charge in [-0.25, -0.2) is 18.6 Å². The zero-order valence-corrected chi connectivity index (χ0v) is 27.3. The molecule has 11 nitrogen and oxygen atoms in total. The molecule has 0 spiro atoms. The summed E-state index contributed by atoms with van der Waals surface area (Å²) in [7, 11) is 0. The molecule has 3 heterocycles. The van der Waals surface area contributed by atoms with Gasteiger partial charge in [-0.1, -0.05) is 19.4 Å². The van der Waals surface area contributed by atoms with Crippen molar-refractivity contribution in [1.29, 1.82) is 0 Å². The van der Waals surface area contributed by atoms with E-state index in [1.54, 1.807) is 34.1 Å². The van der Waals surface area contributed by atoms with Crippen molar-refractivity contribution in [2.45, 2.75) is 52.1 Å². The first kappa shape index (κ1) is 34.7. The standard InChI is InChI=1S/C35H42F2N6O5/c1-3-4-13-43(35(46)40-31-20-28(33(38)44)29(36)21-30(31)37)26-11-14-41(15-12-26)22-25-7-10-32(39-23(25)2)48-27-8-5-24(6-9-27)34(45)42-16-18-47-19-17-42/h5-10,20-21,26H,3-4,11-19,22H2,1-2H3,(H2,38,44)(H,40,46). The van der Waals surface area contributed by atoms with E-state index in [0.717, 1.165) is 43.3 Å². The summed E-state index contributed by atoms with van der Waals surface area (Å²) in [6, 6.07) is 11.8. The molecule has 4 amide bonds. The summed E-state index contributed by atoms with van der Waals surface area (Å²) in [4.78, 5) is 48.0. The van der Waals surface area contributed by atoms with E-state index in [9.17, 15) is 23.2 Å². The van der Waals surface area contributed by atoms with Gasteiger partial charge in [0, 0.05) is 68.7 Å². The molecular formula is C35H42F2N6O5. The number of anilines is 1. The van der Waals surface area contributed by atoms with E-state index in [2.05, 4.69) is 15.2 Å². The molecular weight excluding hydrogens is 622 g/mol. The minimum absolute atomic E-state index is 0.0234. The molecule has 2 aliphatic heterocycles. The van der Waals surface area contributed by atoms with E-state index in [-0.39, 0.29) is 17.6 Å². The van der Waals surface area contributed by atoms with E-state index in [4.69, 9.17) is 15.2 Å². The maximum atomic E-state index is 14.5. The van der Waals surface area contributed by atoms with Crippen LogP contribution in [0.1, 0.15) is 64.6 Å². The summed E-state index contributed by atoms with van der Waals surface area (Å²) in [5.41, 5.74) is 6.92. The SMILES string of the molecule is CCCCN(C(=O)Nc1cc(C(N)=O)c(F)cc1F)C1CCN(Cc2ccc(Oc3ccc(C(=O)N4CCOCC4)cc3)nc2C)CC1. The number of rotatable bonds is 11. The Hall–Kier alpha value is -4.62. The smallest absolute Gasteiger partial charge is 0.322 e. The molecule has 13 heteroatoms. The minimum atomic E-state index is -1.08. The Bertz CT molecular complexity index is 1610. The van der Waals surface area contributed by atoms with Gasteiger partial charge in [-0.2, -0.15) is 0 Å². The Balaban J connectivity index is 1.15. The quantitative estimate of drug-likeness (QED) is 0.284. The lowest BCUT2D eigenvalue weighted by Gasteiger charge is -2.38. The number of amides is 4. The molecule has 3 aromatic rings. The number of carbonyl (C=O) groups excluding carboxylic acids is 3. The van der Waals surface area contributed by atoms with Crippen LogP contribution in [0, 0.1) is 18.6 Å². The molecule has 0 atom stereocenters. The van der Waals surface area contributed by atoms with Gasteiger partial charge in [0.15, 0.2) is 0 Å². The largest absolute Gasteiger partial charge is 0.439 e. The number of primary amides is 1. The van der Waals surface area contributed by atoms with Crippen molar-refractivity contribution in [2.75, 3.05) is 51.3 Å². The third-order valence-corrected chi connectivity index (χ3v) is 8.76. The normalized spacial score (nSPS) is 15.6. The highest BCUT2D eigenvalue weighted by Crippen LogP contribution is 2.26. The van der Waals surface area contributed by atoms with Gasteiger partial charge in [0.1, 0.15) is 17.4 Å². The fourth-order valence-corrected chi connectivity index (χ4v) is 5.96. The molecule has 2 saturated heterocycles. The summed E-state index contributed by atoms with van der Waals surface area (Å²) < 4.78 is 39.7. The molecule has 2 aromatic carbocycles. The molecule has 2 aliphatic rings. The predicted octanol–water partition coefficient (Wildman–Crippen LogP) is 5.33. The van der Waals surface area contributed by atoms with Gasteiger partial charge in [-0.15, -0.1) is 0 Å². The second-order valence-corrected chi connectivity index (χ2v) is 12.1. The number of nitrogens with two attached hydrogens (primary N) is 1. The van der Waals surface area contributed by atoms with Crippen molar-refractivity contribution in [3.8, 4) is 11.6 Å². The molecule has 0 radical (unpaired) electrons. The van der Waals surface area contributed by atoms with Crippen LogP contribution in [0.5, 0.6) is 11.6 Å². The van der Waals surface area contributed by atoms with Crippen molar-refractivity contribution in [3.05, 3.63) is 82.5 Å². The molecule has 0 aliphatic carbocycles. The number of urea groups is 1. The second kappa shape index (κ2) is 16.0. The lowest BCUT2D eigenvalue weighted by atomic mass is 10.0. The number of unbranched alkanes of at least 4 members (excludes halogenated alkanes) is 1. The minimum Gasteiger partial charge on any atom is -0.439 e. The summed E-state index contributed by atoms with van der Waals surface area (Å²) >= 11 is 0. The molecule has 0 unspecified atom stereocenters. The zero-order chi connectivity index (χ0) is 34.2. The van der Waals surface area contributed by atoms with Crippen LogP contribution in [0.4, 0.5) is 19.3 Å². The molecule has 1 aromatic heterocycles. The van der Waals surface area contributed by atoms with Crippen molar-refractivity contribution in [3.63, 3.8) is 0 Å². The number of piperidine rings is 1. The van der Waals surface area contributed by atoms with Gasteiger partial charge in [0.2, 0.25) is 5.88 Å². The monoisotopic (exact) mass is 664 g/mol. The fraction of sp³-hybridized carbons (Fsp3) is 0.429. The van der Waals surface area contributed by atoms with Crippen LogP contribution >= 0.6 is 0 Å². The molecule has 0 bridgehead atoms. The first-order valence-corrected chi connectivity index (χ1v) is 16.3. The van der Waals surface area contributed by atoms with Crippen LogP contribution in [0.3, 0.4) is 0 Å². The van der Waals surface area contributed by atoms with Gasteiger partial charge in [0.05, 0.1) is 24.5 Å². The number of nitrogens with zero attached hydrogens (tertiary/aromatic N) is 4. The Morgan fingerprint density at radius 1 is 1.02 bits per heavy atom. The first-order valence-electron chi connectivity index (χ1n) is 16.3. The Morgan fingerprint density at radius 2 is 1.73 bits per heavy atom. The number of pyridine rings is 1. The number of halogens is 2.